The average molecular weight is 473 g/mol. The number of aliphatic hydroxyl groups excluding tert-OH is 1. The molecule has 0 fully saturated rings. The first-order chi connectivity index (χ1) is 13.9. The summed E-state index contributed by atoms with van der Waals surface area (Å²) in [5.74, 6) is 0. The third-order valence-corrected chi connectivity index (χ3v) is 7.28. The first-order valence-corrected chi connectivity index (χ1v) is 14.0. The van der Waals surface area contributed by atoms with Crippen LogP contribution < -0.4 is 51.4 Å². The van der Waals surface area contributed by atoms with Crippen molar-refractivity contribution in [3.05, 3.63) is 0 Å². The van der Waals surface area contributed by atoms with Crippen molar-refractivity contribution in [1.82, 2.24) is 0 Å². The van der Waals surface area contributed by atoms with E-state index in [0.717, 1.165) is 77.0 Å². The molecule has 1 N–H and O–H groups in total. The van der Waals surface area contributed by atoms with Crippen molar-refractivity contribution < 1.29 is 69.5 Å². The van der Waals surface area contributed by atoms with E-state index in [1.165, 1.54) is 38.5 Å². The molecule has 0 bridgehead atoms. The molecule has 0 heterocycles. The molecule has 0 aromatic rings. The van der Waals surface area contributed by atoms with Gasteiger partial charge in [0.15, 0.2) is 0 Å². The quantitative estimate of drug-likeness (QED) is 0.146. The molecule has 2 atom stereocenters. The van der Waals surface area contributed by atoms with Crippen LogP contribution in [0.2, 0.25) is 0 Å². The van der Waals surface area contributed by atoms with Gasteiger partial charge in [-0.1, -0.05) is 117 Å². The summed E-state index contributed by atoms with van der Waals surface area (Å²) in [5, 5.41) is 9.39. The van der Waals surface area contributed by atoms with Gasteiger partial charge in [0.05, 0.1) is 16.2 Å². The molecule has 6 heteroatoms. The first kappa shape index (κ1) is 33.7. The van der Waals surface area contributed by atoms with Gasteiger partial charge < -0.3 is 9.66 Å². The molecule has 0 saturated heterocycles. The summed E-state index contributed by atoms with van der Waals surface area (Å²) in [5.41, 5.74) is 0. The van der Waals surface area contributed by atoms with Crippen molar-refractivity contribution in [1.29, 1.82) is 0 Å². The van der Waals surface area contributed by atoms with Crippen LogP contribution in [0, 0.1) is 0 Å². The van der Waals surface area contributed by atoms with Crippen molar-refractivity contribution in [2.75, 3.05) is 0 Å². The number of hydrogen-bond acceptors (Lipinski definition) is 4. The molecule has 4 nitrogen and oxygen atoms in total. The summed E-state index contributed by atoms with van der Waals surface area (Å²) in [7, 11) is -4.15. The second kappa shape index (κ2) is 23.7. The molecule has 0 amide bonds. The van der Waals surface area contributed by atoms with E-state index in [2.05, 4.69) is 13.8 Å². The molecule has 176 valence electrons. The average Bonchev–Trinajstić information content (AvgIpc) is 2.67. The Morgan fingerprint density at radius 3 is 1.30 bits per heavy atom. The second-order valence-electron chi connectivity index (χ2n) is 8.87. The molecule has 0 spiro atoms. The topological polar surface area (TPSA) is 77.4 Å². The zero-order valence-corrected chi connectivity index (χ0v) is 24.3. The third-order valence-electron chi connectivity index (χ3n) is 5.99. The predicted octanol–water partition coefficient (Wildman–Crippen LogP) is 4.11. The number of rotatable bonds is 22. The zero-order valence-electron chi connectivity index (χ0n) is 20.4. The Morgan fingerprint density at radius 1 is 0.600 bits per heavy atom. The van der Waals surface area contributed by atoms with Crippen molar-refractivity contribution >= 4 is 10.1 Å². The Kier molecular flexibility index (Phi) is 26.6. The van der Waals surface area contributed by atoms with Gasteiger partial charge in [-0.3, -0.25) is 0 Å². The Morgan fingerprint density at radius 2 is 0.900 bits per heavy atom. The molecule has 0 aliphatic rings. The van der Waals surface area contributed by atoms with Crippen LogP contribution in [0.5, 0.6) is 0 Å². The van der Waals surface area contributed by atoms with Crippen LogP contribution in [0.25, 0.3) is 0 Å². The fraction of sp³-hybridized carbons (Fsp3) is 1.00. The standard InChI is InChI=1S/C24H50O4S.K/c1-3-5-7-8-9-12-16-19-23(25)20-17-13-10-11-14-18-22-24(29(26,27)28)21-15-6-4-2;/h23-25H,3-22H2,1-2H3,(H,26,27,28);/q;+1/p-1. The van der Waals surface area contributed by atoms with E-state index in [1.807, 2.05) is 0 Å². The van der Waals surface area contributed by atoms with Gasteiger partial charge in [0.25, 0.3) is 0 Å². The van der Waals surface area contributed by atoms with Gasteiger partial charge in [0.2, 0.25) is 0 Å². The maximum absolute atomic E-state index is 11.4. The normalized spacial score (nSPS) is 13.7. The van der Waals surface area contributed by atoms with Crippen LogP contribution in [0.15, 0.2) is 0 Å². The summed E-state index contributed by atoms with van der Waals surface area (Å²) >= 11 is 0. The monoisotopic (exact) mass is 472 g/mol. The molecule has 0 radical (unpaired) electrons. The Labute approximate surface area is 230 Å². The second-order valence-corrected chi connectivity index (χ2v) is 10.5. The van der Waals surface area contributed by atoms with Crippen LogP contribution in [0.3, 0.4) is 0 Å². The molecule has 30 heavy (non-hydrogen) atoms. The molecule has 0 rings (SSSR count). The van der Waals surface area contributed by atoms with Gasteiger partial charge >= 0.3 is 51.4 Å². The fourth-order valence-corrected chi connectivity index (χ4v) is 4.91. The molecule has 0 aromatic heterocycles. The predicted molar refractivity (Wildman–Crippen MR) is 123 cm³/mol. The van der Waals surface area contributed by atoms with Crippen LogP contribution in [0.4, 0.5) is 0 Å². The summed E-state index contributed by atoms with van der Waals surface area (Å²) < 4.78 is 34.1. The largest absolute Gasteiger partial charge is 1.00 e. The van der Waals surface area contributed by atoms with E-state index in [0.29, 0.717) is 12.8 Å². The summed E-state index contributed by atoms with van der Waals surface area (Å²) in [6, 6.07) is 0. The van der Waals surface area contributed by atoms with Crippen molar-refractivity contribution in [3.8, 4) is 0 Å². The minimum Gasteiger partial charge on any atom is -0.748 e. The van der Waals surface area contributed by atoms with Gasteiger partial charge in [0, 0.05) is 5.25 Å². The fourth-order valence-electron chi connectivity index (χ4n) is 4.00. The summed E-state index contributed by atoms with van der Waals surface area (Å²) in [6.45, 7) is 4.32. The first-order valence-electron chi connectivity index (χ1n) is 12.5. The minimum atomic E-state index is -4.15. The number of unbranched alkanes of at least 4 members (excludes halogenated alkanes) is 13. The van der Waals surface area contributed by atoms with E-state index in [9.17, 15) is 18.1 Å². The molecule has 0 aromatic carbocycles. The molecule has 0 saturated carbocycles. The Bertz CT molecular complexity index is 442. The smallest absolute Gasteiger partial charge is 0.748 e. The van der Waals surface area contributed by atoms with Crippen molar-refractivity contribution in [2.45, 2.75) is 154 Å². The van der Waals surface area contributed by atoms with E-state index in [-0.39, 0.29) is 57.5 Å². The maximum atomic E-state index is 11.4. The van der Waals surface area contributed by atoms with Gasteiger partial charge in [-0.25, -0.2) is 8.42 Å². The zero-order chi connectivity index (χ0) is 21.8. The van der Waals surface area contributed by atoms with Crippen LogP contribution in [-0.2, 0) is 10.1 Å². The summed E-state index contributed by atoms with van der Waals surface area (Å²) in [6.07, 6.45) is 20.9. The van der Waals surface area contributed by atoms with Crippen LogP contribution in [-0.4, -0.2) is 29.4 Å². The van der Waals surface area contributed by atoms with Gasteiger partial charge in [-0.2, -0.15) is 0 Å². The molecular formula is C24H49KO4S. The number of hydrogen-bond donors (Lipinski definition) is 1. The van der Waals surface area contributed by atoms with Crippen LogP contribution >= 0.6 is 0 Å². The number of aliphatic hydroxyl groups is 1. The molecule has 0 aliphatic heterocycles. The molecule has 0 aliphatic carbocycles. The molecule has 2 unspecified atom stereocenters. The minimum absolute atomic E-state index is 0. The third kappa shape index (κ3) is 22.7. The van der Waals surface area contributed by atoms with E-state index in [1.54, 1.807) is 0 Å². The van der Waals surface area contributed by atoms with E-state index >= 15 is 0 Å². The summed E-state index contributed by atoms with van der Waals surface area (Å²) in [4.78, 5) is 0. The molecular weight excluding hydrogens is 423 g/mol. The van der Waals surface area contributed by atoms with Gasteiger partial charge in [-0.05, 0) is 25.7 Å². The van der Waals surface area contributed by atoms with Crippen molar-refractivity contribution in [3.63, 3.8) is 0 Å². The van der Waals surface area contributed by atoms with Gasteiger partial charge in [0.1, 0.15) is 0 Å². The SMILES string of the molecule is CCCCCCCCCC(O)CCCCCCCCC(CCCCC)S(=O)(=O)[O-].[K+]. The van der Waals surface area contributed by atoms with Crippen LogP contribution in [0.1, 0.15) is 142 Å². The van der Waals surface area contributed by atoms with E-state index < -0.39 is 15.4 Å². The van der Waals surface area contributed by atoms with Crippen molar-refractivity contribution in [2.24, 2.45) is 0 Å². The van der Waals surface area contributed by atoms with Gasteiger partial charge in [-0.15, -0.1) is 0 Å². The maximum Gasteiger partial charge on any atom is 1.00 e. The Balaban J connectivity index is 0. The van der Waals surface area contributed by atoms with E-state index in [4.69, 9.17) is 0 Å². The Hall–Kier alpha value is 1.51.